The van der Waals surface area contributed by atoms with Gasteiger partial charge in [0, 0.05) is 5.02 Å². The lowest BCUT2D eigenvalue weighted by atomic mass is 10.1. The van der Waals surface area contributed by atoms with E-state index in [1.54, 1.807) is 6.92 Å². The lowest BCUT2D eigenvalue weighted by Crippen LogP contribution is -2.54. The minimum Gasteiger partial charge on any atom is -0.490 e. The van der Waals surface area contributed by atoms with Gasteiger partial charge in [-0.1, -0.05) is 41.4 Å². The number of benzene rings is 3. The summed E-state index contributed by atoms with van der Waals surface area (Å²) in [6.07, 6.45) is 1.21. The molecule has 1 saturated heterocycles. The van der Waals surface area contributed by atoms with Crippen LogP contribution in [-0.4, -0.2) is 30.4 Å². The summed E-state index contributed by atoms with van der Waals surface area (Å²) in [4.78, 5) is 51.0. The van der Waals surface area contributed by atoms with Crippen LogP contribution in [0.15, 0.2) is 66.2 Å². The number of carbonyl (C=O) groups excluding carboxylic acids is 4. The summed E-state index contributed by atoms with van der Waals surface area (Å²) in [5, 5.41) is 2.49. The fraction of sp³-hybridized carbons (Fsp3) is 0.0769. The van der Waals surface area contributed by atoms with Gasteiger partial charge in [0.1, 0.15) is 11.4 Å². The number of para-hydroxylation sites is 1. The van der Waals surface area contributed by atoms with Gasteiger partial charge in [-0.15, -0.1) is 0 Å². The van der Waals surface area contributed by atoms with Crippen LogP contribution in [-0.2, 0) is 9.59 Å². The van der Waals surface area contributed by atoms with E-state index in [0.29, 0.717) is 15.5 Å². The lowest BCUT2D eigenvalue weighted by molar-refractivity contribution is -0.122. The molecule has 0 atom stereocenters. The second kappa shape index (κ2) is 10.8. The molecule has 188 valence electrons. The normalized spacial score (nSPS) is 14.5. The van der Waals surface area contributed by atoms with E-state index in [-0.39, 0.29) is 34.4 Å². The molecule has 1 aliphatic rings. The molecule has 3 aromatic carbocycles. The molecule has 11 heteroatoms. The smallest absolute Gasteiger partial charge is 0.345 e. The zero-order valence-electron chi connectivity index (χ0n) is 19.1. The Bertz CT molecular complexity index is 1470. The van der Waals surface area contributed by atoms with Crippen molar-refractivity contribution in [3.8, 4) is 11.5 Å². The molecule has 3 aromatic rings. The van der Waals surface area contributed by atoms with Crippen molar-refractivity contribution in [2.24, 2.45) is 0 Å². The molecule has 4 amide bonds. The minimum absolute atomic E-state index is 0.0580. The Morgan fingerprint density at radius 2 is 1.78 bits per heavy atom. The number of hydrogen-bond donors (Lipinski definition) is 1. The number of rotatable bonds is 6. The standard InChI is InChI=1S/C26H17Cl2FN2O6/c1-2-36-22-12-14(7-10-21(22)37-25(34)16-9-8-15(27)13-18(16)28)11-17-23(32)30-26(35)31(24(17)33)20-6-4-3-5-19(20)29/h3-13H,2H2,1H3,(H,30,32,35)/b17-11+. The number of urea groups is 1. The molecule has 0 aromatic heterocycles. The predicted molar refractivity (Wildman–Crippen MR) is 134 cm³/mol. The van der Waals surface area contributed by atoms with Crippen molar-refractivity contribution in [1.82, 2.24) is 5.32 Å². The predicted octanol–water partition coefficient (Wildman–Crippen LogP) is 5.42. The molecule has 0 bridgehead atoms. The summed E-state index contributed by atoms with van der Waals surface area (Å²) in [6, 6.07) is 12.7. The largest absolute Gasteiger partial charge is 0.490 e. The van der Waals surface area contributed by atoms with E-state index < -0.39 is 35.2 Å². The number of nitrogens with one attached hydrogen (secondary N) is 1. The topological polar surface area (TPSA) is 102 Å². The molecule has 8 nitrogen and oxygen atoms in total. The third kappa shape index (κ3) is 5.47. The average Bonchev–Trinajstić information content (AvgIpc) is 2.84. The van der Waals surface area contributed by atoms with Gasteiger partial charge in [0.2, 0.25) is 0 Å². The Morgan fingerprint density at radius 1 is 1.03 bits per heavy atom. The quantitative estimate of drug-likeness (QED) is 0.193. The van der Waals surface area contributed by atoms with Crippen LogP contribution in [0, 0.1) is 5.82 Å². The van der Waals surface area contributed by atoms with Crippen LogP contribution >= 0.6 is 23.2 Å². The highest BCUT2D eigenvalue weighted by Gasteiger charge is 2.38. The first-order valence-electron chi connectivity index (χ1n) is 10.8. The first-order valence-corrected chi connectivity index (χ1v) is 11.5. The van der Waals surface area contributed by atoms with Crippen LogP contribution in [0.4, 0.5) is 14.9 Å². The molecule has 0 spiro atoms. The molecule has 37 heavy (non-hydrogen) atoms. The van der Waals surface area contributed by atoms with Crippen LogP contribution in [0.3, 0.4) is 0 Å². The molecule has 1 heterocycles. The molecule has 1 fully saturated rings. The Morgan fingerprint density at radius 3 is 2.49 bits per heavy atom. The van der Waals surface area contributed by atoms with Gasteiger partial charge in [-0.05, 0) is 61.0 Å². The Hall–Kier alpha value is -4.21. The minimum atomic E-state index is -1.07. The van der Waals surface area contributed by atoms with E-state index in [1.807, 2.05) is 5.32 Å². The van der Waals surface area contributed by atoms with Crippen molar-refractivity contribution in [3.05, 3.63) is 93.2 Å². The van der Waals surface area contributed by atoms with Crippen molar-refractivity contribution in [3.63, 3.8) is 0 Å². The number of hydrogen-bond acceptors (Lipinski definition) is 6. The second-order valence-corrected chi connectivity index (χ2v) is 8.41. The van der Waals surface area contributed by atoms with Gasteiger partial charge in [0.25, 0.3) is 11.8 Å². The van der Waals surface area contributed by atoms with E-state index in [2.05, 4.69) is 0 Å². The summed E-state index contributed by atoms with van der Waals surface area (Å²) >= 11 is 12.0. The highest BCUT2D eigenvalue weighted by Crippen LogP contribution is 2.32. The maximum atomic E-state index is 14.3. The zero-order valence-corrected chi connectivity index (χ0v) is 20.6. The number of esters is 1. The SMILES string of the molecule is CCOc1cc(/C=C2\C(=O)NC(=O)N(c3ccccc3F)C2=O)ccc1OC(=O)c1ccc(Cl)cc1Cl. The molecule has 0 aliphatic carbocycles. The number of carbonyl (C=O) groups is 4. The number of amides is 4. The molecular weight excluding hydrogens is 526 g/mol. The molecule has 0 unspecified atom stereocenters. The molecule has 0 radical (unpaired) electrons. The first kappa shape index (κ1) is 25.9. The fourth-order valence-corrected chi connectivity index (χ4v) is 3.94. The summed E-state index contributed by atoms with van der Waals surface area (Å²) in [6.45, 7) is 1.92. The monoisotopic (exact) mass is 542 g/mol. The molecular formula is C26H17Cl2FN2O6. The highest BCUT2D eigenvalue weighted by atomic mass is 35.5. The summed E-state index contributed by atoms with van der Waals surface area (Å²) in [5.41, 5.74) is -0.319. The number of nitrogens with zero attached hydrogens (tertiary/aromatic N) is 1. The lowest BCUT2D eigenvalue weighted by Gasteiger charge is -2.26. The molecule has 1 N–H and O–H groups in total. The van der Waals surface area contributed by atoms with Gasteiger partial charge < -0.3 is 9.47 Å². The maximum Gasteiger partial charge on any atom is 0.345 e. The van der Waals surface area contributed by atoms with Crippen LogP contribution in [0.25, 0.3) is 6.08 Å². The summed E-state index contributed by atoms with van der Waals surface area (Å²) in [5.74, 6) is -3.33. The van der Waals surface area contributed by atoms with Crippen molar-refractivity contribution < 1.29 is 33.0 Å². The highest BCUT2D eigenvalue weighted by molar-refractivity contribution is 6.39. The Kier molecular flexibility index (Phi) is 7.56. The van der Waals surface area contributed by atoms with Crippen molar-refractivity contribution >= 4 is 58.8 Å². The second-order valence-electron chi connectivity index (χ2n) is 7.56. The van der Waals surface area contributed by atoms with Crippen LogP contribution in [0.5, 0.6) is 11.5 Å². The van der Waals surface area contributed by atoms with Crippen molar-refractivity contribution in [2.75, 3.05) is 11.5 Å². The maximum absolute atomic E-state index is 14.3. The molecule has 4 rings (SSSR count). The number of barbiturate groups is 1. The fourth-order valence-electron chi connectivity index (χ4n) is 3.45. The first-order chi connectivity index (χ1) is 17.7. The Labute approximate surface area is 220 Å². The number of halogens is 3. The van der Waals surface area contributed by atoms with Crippen LogP contribution in [0.2, 0.25) is 10.0 Å². The zero-order chi connectivity index (χ0) is 26.7. The van der Waals surface area contributed by atoms with Gasteiger partial charge >= 0.3 is 12.0 Å². The van der Waals surface area contributed by atoms with Crippen LogP contribution < -0.4 is 19.7 Å². The number of anilines is 1. The van der Waals surface area contributed by atoms with Gasteiger partial charge in [-0.2, -0.15) is 0 Å². The van der Waals surface area contributed by atoms with Gasteiger partial charge in [-0.3, -0.25) is 14.9 Å². The van der Waals surface area contributed by atoms with Gasteiger partial charge in [-0.25, -0.2) is 18.9 Å². The summed E-state index contributed by atoms with van der Waals surface area (Å²) < 4.78 is 25.3. The third-order valence-electron chi connectivity index (χ3n) is 5.13. The van der Waals surface area contributed by atoms with E-state index in [0.717, 1.165) is 6.07 Å². The van der Waals surface area contributed by atoms with E-state index >= 15 is 0 Å². The van der Waals surface area contributed by atoms with E-state index in [4.69, 9.17) is 32.7 Å². The third-order valence-corrected chi connectivity index (χ3v) is 5.68. The van der Waals surface area contributed by atoms with E-state index in [9.17, 15) is 23.6 Å². The number of ether oxygens (including phenoxy) is 2. The molecule has 0 saturated carbocycles. The van der Waals surface area contributed by atoms with Crippen molar-refractivity contribution in [1.29, 1.82) is 0 Å². The van der Waals surface area contributed by atoms with Gasteiger partial charge in [0.15, 0.2) is 11.5 Å². The summed E-state index contributed by atoms with van der Waals surface area (Å²) in [7, 11) is 0. The number of imide groups is 2. The van der Waals surface area contributed by atoms with E-state index in [1.165, 1.54) is 60.7 Å². The average molecular weight is 543 g/mol. The van der Waals surface area contributed by atoms with Crippen molar-refractivity contribution in [2.45, 2.75) is 6.92 Å². The Balaban J connectivity index is 1.66. The molecule has 1 aliphatic heterocycles. The van der Waals surface area contributed by atoms with Gasteiger partial charge in [0.05, 0.1) is 22.9 Å². The van der Waals surface area contributed by atoms with Crippen LogP contribution in [0.1, 0.15) is 22.8 Å².